The topological polar surface area (TPSA) is 80.5 Å². The van der Waals surface area contributed by atoms with Crippen LogP contribution in [0.2, 0.25) is 0 Å². The molecule has 124 valence electrons. The number of aromatic carboxylic acids is 1. The summed E-state index contributed by atoms with van der Waals surface area (Å²) in [4.78, 5) is 14.8. The number of rotatable bonds is 8. The van der Waals surface area contributed by atoms with Gasteiger partial charge in [-0.15, -0.1) is 15.0 Å². The van der Waals surface area contributed by atoms with Crippen molar-refractivity contribution in [1.29, 1.82) is 0 Å². The van der Waals surface area contributed by atoms with Crippen LogP contribution in [0.25, 0.3) is 5.69 Å². The van der Waals surface area contributed by atoms with Gasteiger partial charge in [0, 0.05) is 13.1 Å². The number of ether oxygens (including phenoxy) is 1. The predicted octanol–water partition coefficient (Wildman–Crippen LogP) is 2.60. The summed E-state index contributed by atoms with van der Waals surface area (Å²) in [5.41, 5.74) is 0.662. The van der Waals surface area contributed by atoms with Crippen LogP contribution in [0, 0.1) is 0 Å². The van der Waals surface area contributed by atoms with Crippen molar-refractivity contribution in [2.24, 2.45) is 0 Å². The number of hydrogen-bond acceptors (Lipinski definition) is 5. The lowest BCUT2D eigenvalue weighted by atomic mass is 10.3. The summed E-state index contributed by atoms with van der Waals surface area (Å²) in [6.07, 6.45) is 1.82. The Morgan fingerprint density at radius 2 is 1.78 bits per heavy atom. The summed E-state index contributed by atoms with van der Waals surface area (Å²) < 4.78 is 5.12. The molecule has 7 heteroatoms. The lowest BCUT2D eigenvalue weighted by Gasteiger charge is -2.20. The molecule has 0 aliphatic rings. The van der Waals surface area contributed by atoms with Gasteiger partial charge < -0.3 is 14.7 Å². The zero-order chi connectivity index (χ0) is 16.8. The zero-order valence-corrected chi connectivity index (χ0v) is 13.7. The average molecular weight is 318 g/mol. The van der Waals surface area contributed by atoms with Gasteiger partial charge in [-0.05, 0) is 37.1 Å². The van der Waals surface area contributed by atoms with E-state index in [1.54, 1.807) is 31.4 Å². The third-order valence-corrected chi connectivity index (χ3v) is 3.39. The molecule has 7 nitrogen and oxygen atoms in total. The standard InChI is InChI=1S/C16H22N4O3/c1-4-10-19(11-5-2)15-14(16(21)22)17-20(18-15)12-6-8-13(23-3)9-7-12/h6-9H,4-5,10-11H2,1-3H3,(H,21,22). The van der Waals surface area contributed by atoms with Crippen molar-refractivity contribution in [2.75, 3.05) is 25.1 Å². The molecule has 0 fully saturated rings. The summed E-state index contributed by atoms with van der Waals surface area (Å²) in [6.45, 7) is 5.60. The Bertz CT molecular complexity index is 646. The van der Waals surface area contributed by atoms with E-state index in [-0.39, 0.29) is 5.69 Å². The Kier molecular flexibility index (Phi) is 5.56. The fourth-order valence-corrected chi connectivity index (χ4v) is 2.34. The summed E-state index contributed by atoms with van der Waals surface area (Å²) in [6, 6.07) is 7.15. The lowest BCUT2D eigenvalue weighted by Crippen LogP contribution is -2.27. The van der Waals surface area contributed by atoms with Crippen molar-refractivity contribution in [3.8, 4) is 11.4 Å². The maximum atomic E-state index is 11.5. The van der Waals surface area contributed by atoms with Crippen LogP contribution in [0.3, 0.4) is 0 Å². The van der Waals surface area contributed by atoms with Gasteiger partial charge in [-0.1, -0.05) is 13.8 Å². The van der Waals surface area contributed by atoms with Crippen molar-refractivity contribution in [2.45, 2.75) is 26.7 Å². The first-order valence-corrected chi connectivity index (χ1v) is 7.70. The Morgan fingerprint density at radius 1 is 1.17 bits per heavy atom. The molecular weight excluding hydrogens is 296 g/mol. The van der Waals surface area contributed by atoms with Gasteiger partial charge in [-0.3, -0.25) is 0 Å². The molecule has 23 heavy (non-hydrogen) atoms. The van der Waals surface area contributed by atoms with Gasteiger partial charge in [0.15, 0.2) is 5.82 Å². The van der Waals surface area contributed by atoms with Crippen molar-refractivity contribution < 1.29 is 14.6 Å². The number of nitrogens with zero attached hydrogens (tertiary/aromatic N) is 4. The lowest BCUT2D eigenvalue weighted by molar-refractivity contribution is 0.0690. The molecule has 1 N–H and O–H groups in total. The Morgan fingerprint density at radius 3 is 2.26 bits per heavy atom. The van der Waals surface area contributed by atoms with E-state index in [0.29, 0.717) is 11.5 Å². The molecule has 0 radical (unpaired) electrons. The quantitative estimate of drug-likeness (QED) is 0.806. The minimum Gasteiger partial charge on any atom is -0.497 e. The smallest absolute Gasteiger partial charge is 0.360 e. The summed E-state index contributed by atoms with van der Waals surface area (Å²) >= 11 is 0. The van der Waals surface area contributed by atoms with Crippen molar-refractivity contribution in [3.05, 3.63) is 30.0 Å². The number of carbonyl (C=O) groups is 1. The first kappa shape index (κ1) is 16.8. The Balaban J connectivity index is 2.42. The predicted molar refractivity (Wildman–Crippen MR) is 87.7 cm³/mol. The number of anilines is 1. The number of carboxylic acids is 1. The van der Waals surface area contributed by atoms with Gasteiger partial charge in [0.2, 0.25) is 5.69 Å². The molecule has 0 bridgehead atoms. The molecule has 2 rings (SSSR count). The highest BCUT2D eigenvalue weighted by molar-refractivity contribution is 5.91. The van der Waals surface area contributed by atoms with Crippen LogP contribution in [0.5, 0.6) is 5.75 Å². The van der Waals surface area contributed by atoms with Crippen molar-refractivity contribution >= 4 is 11.8 Å². The highest BCUT2D eigenvalue weighted by Gasteiger charge is 2.22. The first-order chi connectivity index (χ1) is 11.1. The molecule has 1 aromatic heterocycles. The van der Waals surface area contributed by atoms with Gasteiger partial charge >= 0.3 is 5.97 Å². The molecular formula is C16H22N4O3. The van der Waals surface area contributed by atoms with Gasteiger partial charge in [0.25, 0.3) is 0 Å². The van der Waals surface area contributed by atoms with Crippen LogP contribution in [0.15, 0.2) is 24.3 Å². The molecule has 0 unspecified atom stereocenters. The Labute approximate surface area is 135 Å². The second-order valence-corrected chi connectivity index (χ2v) is 5.15. The molecule has 1 heterocycles. The number of carboxylic acid groups (broad SMARTS) is 1. The summed E-state index contributed by atoms with van der Waals surface area (Å²) in [5, 5.41) is 18.0. The molecule has 1 aromatic carbocycles. The highest BCUT2D eigenvalue weighted by atomic mass is 16.5. The molecule has 0 aliphatic heterocycles. The fraction of sp³-hybridized carbons (Fsp3) is 0.438. The number of aromatic nitrogens is 3. The van der Waals surface area contributed by atoms with E-state index in [1.807, 2.05) is 4.90 Å². The Hall–Kier alpha value is -2.57. The monoisotopic (exact) mass is 318 g/mol. The molecule has 0 saturated carbocycles. The van der Waals surface area contributed by atoms with E-state index in [9.17, 15) is 9.90 Å². The van der Waals surface area contributed by atoms with Gasteiger partial charge in [0.05, 0.1) is 12.8 Å². The number of benzene rings is 1. The van der Waals surface area contributed by atoms with Crippen LogP contribution < -0.4 is 9.64 Å². The summed E-state index contributed by atoms with van der Waals surface area (Å²) in [7, 11) is 1.59. The second-order valence-electron chi connectivity index (χ2n) is 5.15. The van der Waals surface area contributed by atoms with Crippen molar-refractivity contribution in [1.82, 2.24) is 15.0 Å². The number of hydrogen-bond donors (Lipinski definition) is 1. The van der Waals surface area contributed by atoms with E-state index >= 15 is 0 Å². The molecule has 0 spiro atoms. The minimum atomic E-state index is -1.07. The molecule has 0 saturated heterocycles. The van der Waals surface area contributed by atoms with Crippen LogP contribution in [-0.4, -0.2) is 46.3 Å². The third-order valence-electron chi connectivity index (χ3n) is 3.39. The van der Waals surface area contributed by atoms with E-state index in [1.165, 1.54) is 4.80 Å². The normalized spacial score (nSPS) is 10.6. The van der Waals surface area contributed by atoms with E-state index in [0.717, 1.165) is 31.7 Å². The maximum Gasteiger partial charge on any atom is 0.360 e. The minimum absolute atomic E-state index is 0.0253. The second kappa shape index (κ2) is 7.62. The third kappa shape index (κ3) is 3.80. The van der Waals surface area contributed by atoms with Gasteiger partial charge in [-0.25, -0.2) is 4.79 Å². The fourth-order valence-electron chi connectivity index (χ4n) is 2.34. The molecule has 0 amide bonds. The molecule has 0 aliphatic carbocycles. The van der Waals surface area contributed by atoms with E-state index in [4.69, 9.17) is 4.74 Å². The van der Waals surface area contributed by atoms with Gasteiger partial charge in [0.1, 0.15) is 5.75 Å². The van der Waals surface area contributed by atoms with Crippen LogP contribution >= 0.6 is 0 Å². The highest BCUT2D eigenvalue weighted by Crippen LogP contribution is 2.20. The largest absolute Gasteiger partial charge is 0.497 e. The van der Waals surface area contributed by atoms with Crippen LogP contribution in [0.1, 0.15) is 37.2 Å². The maximum absolute atomic E-state index is 11.5. The average Bonchev–Trinajstić information content (AvgIpc) is 3.00. The van der Waals surface area contributed by atoms with E-state index < -0.39 is 5.97 Å². The van der Waals surface area contributed by atoms with E-state index in [2.05, 4.69) is 24.0 Å². The first-order valence-electron chi connectivity index (χ1n) is 7.70. The van der Waals surface area contributed by atoms with Gasteiger partial charge in [-0.2, -0.15) is 0 Å². The molecule has 0 atom stereocenters. The summed E-state index contributed by atoms with van der Waals surface area (Å²) in [5.74, 6) is 0.0622. The number of methoxy groups -OCH3 is 1. The molecule has 2 aromatic rings. The zero-order valence-electron chi connectivity index (χ0n) is 13.7. The van der Waals surface area contributed by atoms with Crippen molar-refractivity contribution in [3.63, 3.8) is 0 Å². The SMILES string of the molecule is CCCN(CCC)c1nn(-c2ccc(OC)cc2)nc1C(=O)O. The van der Waals surface area contributed by atoms with Crippen LogP contribution in [-0.2, 0) is 0 Å². The van der Waals surface area contributed by atoms with Crippen LogP contribution in [0.4, 0.5) is 5.82 Å².